The first-order valence-corrected chi connectivity index (χ1v) is 6.25. The first-order chi connectivity index (χ1) is 5.98. The molecule has 0 saturated carbocycles. The van der Waals surface area contributed by atoms with Gasteiger partial charge in [-0.25, -0.2) is 8.42 Å². The third-order valence-corrected chi connectivity index (χ3v) is 3.51. The summed E-state index contributed by atoms with van der Waals surface area (Å²) in [7, 11) is -1.33. The Kier molecular flexibility index (Phi) is 6.28. The van der Waals surface area contributed by atoms with Crippen LogP contribution in [0.1, 0.15) is 19.8 Å². The molecular formula is C8H19NO3S. The molecule has 13 heavy (non-hydrogen) atoms. The van der Waals surface area contributed by atoms with E-state index in [4.69, 9.17) is 10.5 Å². The van der Waals surface area contributed by atoms with E-state index in [-0.39, 0.29) is 17.5 Å². The molecule has 0 bridgehead atoms. The fourth-order valence-corrected chi connectivity index (χ4v) is 2.66. The maximum atomic E-state index is 11.3. The van der Waals surface area contributed by atoms with E-state index in [1.807, 2.05) is 0 Å². The van der Waals surface area contributed by atoms with E-state index in [9.17, 15) is 8.42 Å². The summed E-state index contributed by atoms with van der Waals surface area (Å²) in [4.78, 5) is 0. The third-order valence-electron chi connectivity index (χ3n) is 1.57. The van der Waals surface area contributed by atoms with Crippen LogP contribution in [0, 0.1) is 0 Å². The van der Waals surface area contributed by atoms with E-state index in [1.54, 1.807) is 14.0 Å². The van der Waals surface area contributed by atoms with Crippen LogP contribution in [0.4, 0.5) is 0 Å². The van der Waals surface area contributed by atoms with Gasteiger partial charge in [0.05, 0.1) is 11.5 Å². The molecule has 0 fully saturated rings. The van der Waals surface area contributed by atoms with Crippen molar-refractivity contribution in [2.75, 3.05) is 25.2 Å². The lowest BCUT2D eigenvalue weighted by Crippen LogP contribution is -2.27. The van der Waals surface area contributed by atoms with E-state index in [0.29, 0.717) is 13.0 Å². The standard InChI is InChI=1S/C8H19NO3S/c1-8(9)7-13(10,11)6-4-3-5-12-2/h8H,3-7,9H2,1-2H3. The summed E-state index contributed by atoms with van der Waals surface area (Å²) in [6.07, 6.45) is 1.44. The Morgan fingerprint density at radius 2 is 2.00 bits per heavy atom. The number of methoxy groups -OCH3 is 1. The van der Waals surface area contributed by atoms with Gasteiger partial charge in [-0.15, -0.1) is 0 Å². The second-order valence-electron chi connectivity index (χ2n) is 3.29. The lowest BCUT2D eigenvalue weighted by molar-refractivity contribution is 0.194. The summed E-state index contributed by atoms with van der Waals surface area (Å²) in [5.41, 5.74) is 5.41. The van der Waals surface area contributed by atoms with Crippen molar-refractivity contribution in [1.82, 2.24) is 0 Å². The number of ether oxygens (including phenoxy) is 1. The molecule has 0 aromatic rings. The number of rotatable bonds is 7. The summed E-state index contributed by atoms with van der Waals surface area (Å²) in [6.45, 7) is 2.32. The van der Waals surface area contributed by atoms with Gasteiger partial charge in [-0.05, 0) is 19.8 Å². The van der Waals surface area contributed by atoms with E-state index >= 15 is 0 Å². The second-order valence-corrected chi connectivity index (χ2v) is 5.52. The molecule has 1 unspecified atom stereocenters. The lowest BCUT2D eigenvalue weighted by atomic mass is 10.4. The van der Waals surface area contributed by atoms with Gasteiger partial charge in [-0.1, -0.05) is 0 Å². The average molecular weight is 209 g/mol. The molecule has 5 heteroatoms. The minimum atomic E-state index is -2.94. The monoisotopic (exact) mass is 209 g/mol. The molecule has 0 aliphatic carbocycles. The molecule has 0 spiro atoms. The second kappa shape index (κ2) is 6.34. The first-order valence-electron chi connectivity index (χ1n) is 4.43. The van der Waals surface area contributed by atoms with E-state index in [2.05, 4.69) is 0 Å². The first kappa shape index (κ1) is 12.9. The van der Waals surface area contributed by atoms with Crippen LogP contribution in [0.15, 0.2) is 0 Å². The largest absolute Gasteiger partial charge is 0.385 e. The third kappa shape index (κ3) is 8.21. The SMILES string of the molecule is COCCCCS(=O)(=O)CC(C)N. The molecule has 0 rings (SSSR count). The fraction of sp³-hybridized carbons (Fsp3) is 1.00. The van der Waals surface area contributed by atoms with E-state index in [0.717, 1.165) is 6.42 Å². The highest BCUT2D eigenvalue weighted by molar-refractivity contribution is 7.91. The zero-order valence-corrected chi connectivity index (χ0v) is 9.14. The molecule has 0 saturated heterocycles. The minimum absolute atomic E-state index is 0.0833. The Morgan fingerprint density at radius 3 is 2.46 bits per heavy atom. The van der Waals surface area contributed by atoms with Crippen LogP contribution < -0.4 is 5.73 Å². The normalized spacial score (nSPS) is 14.4. The molecule has 0 aliphatic rings. The van der Waals surface area contributed by atoms with E-state index in [1.165, 1.54) is 0 Å². The number of hydrogen-bond acceptors (Lipinski definition) is 4. The smallest absolute Gasteiger partial charge is 0.151 e. The highest BCUT2D eigenvalue weighted by Gasteiger charge is 2.12. The van der Waals surface area contributed by atoms with Gasteiger partial charge in [-0.3, -0.25) is 0 Å². The Morgan fingerprint density at radius 1 is 1.38 bits per heavy atom. The van der Waals surface area contributed by atoms with Crippen LogP contribution in [0.5, 0.6) is 0 Å². The molecule has 0 amide bonds. The van der Waals surface area contributed by atoms with Gasteiger partial charge in [0.15, 0.2) is 9.84 Å². The fourth-order valence-electron chi connectivity index (χ4n) is 1.05. The molecular weight excluding hydrogens is 190 g/mol. The zero-order chi connectivity index (χ0) is 10.3. The van der Waals surface area contributed by atoms with Crippen LogP contribution in [0.25, 0.3) is 0 Å². The predicted octanol–water partition coefficient (Wildman–Crippen LogP) is 0.175. The molecule has 0 aromatic heterocycles. The van der Waals surface area contributed by atoms with Gasteiger partial charge >= 0.3 is 0 Å². The number of unbranched alkanes of at least 4 members (excludes halogenated alkanes) is 1. The molecule has 80 valence electrons. The summed E-state index contributed by atoms with van der Waals surface area (Å²) < 4.78 is 27.4. The number of nitrogens with two attached hydrogens (primary N) is 1. The van der Waals surface area contributed by atoms with Crippen molar-refractivity contribution in [1.29, 1.82) is 0 Å². The van der Waals surface area contributed by atoms with Crippen molar-refractivity contribution in [2.24, 2.45) is 5.73 Å². The molecule has 2 N–H and O–H groups in total. The van der Waals surface area contributed by atoms with Crippen molar-refractivity contribution in [2.45, 2.75) is 25.8 Å². The number of sulfone groups is 1. The van der Waals surface area contributed by atoms with Crippen LogP contribution in [-0.2, 0) is 14.6 Å². The summed E-state index contributed by atoms with van der Waals surface area (Å²) in [5.74, 6) is 0.303. The van der Waals surface area contributed by atoms with Crippen LogP contribution >= 0.6 is 0 Å². The quantitative estimate of drug-likeness (QED) is 0.607. The Hall–Kier alpha value is -0.130. The molecule has 0 heterocycles. The van der Waals surface area contributed by atoms with Crippen molar-refractivity contribution >= 4 is 9.84 Å². The van der Waals surface area contributed by atoms with Crippen molar-refractivity contribution in [3.8, 4) is 0 Å². The zero-order valence-electron chi connectivity index (χ0n) is 8.32. The van der Waals surface area contributed by atoms with Gasteiger partial charge < -0.3 is 10.5 Å². The highest BCUT2D eigenvalue weighted by Crippen LogP contribution is 1.99. The van der Waals surface area contributed by atoms with Gasteiger partial charge in [0.2, 0.25) is 0 Å². The van der Waals surface area contributed by atoms with Crippen molar-refractivity contribution in [3.05, 3.63) is 0 Å². The minimum Gasteiger partial charge on any atom is -0.385 e. The number of hydrogen-bond donors (Lipinski definition) is 1. The highest BCUT2D eigenvalue weighted by atomic mass is 32.2. The maximum Gasteiger partial charge on any atom is 0.151 e. The van der Waals surface area contributed by atoms with Crippen LogP contribution in [0.2, 0.25) is 0 Å². The molecule has 0 aromatic carbocycles. The van der Waals surface area contributed by atoms with Gasteiger partial charge in [0, 0.05) is 19.8 Å². The predicted molar refractivity (Wildman–Crippen MR) is 53.4 cm³/mol. The van der Waals surface area contributed by atoms with Gasteiger partial charge in [0.25, 0.3) is 0 Å². The molecule has 0 aliphatic heterocycles. The van der Waals surface area contributed by atoms with Crippen LogP contribution in [-0.4, -0.2) is 39.7 Å². The Balaban J connectivity index is 3.64. The van der Waals surface area contributed by atoms with E-state index < -0.39 is 9.84 Å². The van der Waals surface area contributed by atoms with Gasteiger partial charge in [-0.2, -0.15) is 0 Å². The average Bonchev–Trinajstić information content (AvgIpc) is 1.95. The molecule has 4 nitrogen and oxygen atoms in total. The van der Waals surface area contributed by atoms with Gasteiger partial charge in [0.1, 0.15) is 0 Å². The molecule has 1 atom stereocenters. The molecule has 0 radical (unpaired) electrons. The summed E-state index contributed by atoms with van der Waals surface area (Å²) in [6, 6.07) is -0.271. The topological polar surface area (TPSA) is 69.4 Å². The summed E-state index contributed by atoms with van der Waals surface area (Å²) in [5, 5.41) is 0. The van der Waals surface area contributed by atoms with Crippen molar-refractivity contribution in [3.63, 3.8) is 0 Å². The summed E-state index contributed by atoms with van der Waals surface area (Å²) >= 11 is 0. The lowest BCUT2D eigenvalue weighted by Gasteiger charge is -2.06. The van der Waals surface area contributed by atoms with Crippen LogP contribution in [0.3, 0.4) is 0 Å². The van der Waals surface area contributed by atoms with Crippen molar-refractivity contribution < 1.29 is 13.2 Å². The Bertz CT molecular complexity index is 211. The maximum absolute atomic E-state index is 11.3. The Labute approximate surface area is 80.4 Å².